The van der Waals surface area contributed by atoms with Crippen molar-refractivity contribution in [2.24, 2.45) is 11.8 Å². The Kier molecular flexibility index (Phi) is 6.03. The first-order valence-corrected chi connectivity index (χ1v) is 5.39. The Hall–Kier alpha value is -1.10. The van der Waals surface area contributed by atoms with Gasteiger partial charge in [0.2, 0.25) is 5.91 Å². The molecule has 0 heterocycles. The molecule has 0 rings (SSSR count). The highest BCUT2D eigenvalue weighted by molar-refractivity contribution is 5.84. The van der Waals surface area contributed by atoms with E-state index in [9.17, 15) is 9.59 Å². The maximum atomic E-state index is 11.8. The fourth-order valence-electron chi connectivity index (χ4n) is 1.24. The van der Waals surface area contributed by atoms with Crippen molar-refractivity contribution in [1.82, 2.24) is 9.80 Å². The zero-order chi connectivity index (χ0) is 12.9. The highest BCUT2D eigenvalue weighted by Crippen LogP contribution is 2.13. The molecule has 0 radical (unpaired) electrons. The molecule has 0 saturated heterocycles. The number of hydrogen-bond acceptors (Lipinski definition) is 3. The largest absolute Gasteiger partial charge is 0.481 e. The second kappa shape index (κ2) is 6.48. The third-order valence-corrected chi connectivity index (χ3v) is 2.79. The minimum atomic E-state index is -0.929. The first-order valence-electron chi connectivity index (χ1n) is 5.39. The lowest BCUT2D eigenvalue weighted by molar-refractivity contribution is -0.148. The second-order valence-electron chi connectivity index (χ2n) is 4.48. The van der Waals surface area contributed by atoms with Gasteiger partial charge in [0, 0.05) is 26.1 Å². The number of carbonyl (C=O) groups is 2. The van der Waals surface area contributed by atoms with Crippen LogP contribution >= 0.6 is 0 Å². The van der Waals surface area contributed by atoms with Gasteiger partial charge >= 0.3 is 5.97 Å². The van der Waals surface area contributed by atoms with Crippen LogP contribution in [0, 0.1) is 11.8 Å². The zero-order valence-electron chi connectivity index (χ0n) is 10.7. The second-order valence-corrected chi connectivity index (χ2v) is 4.48. The lowest BCUT2D eigenvalue weighted by Crippen LogP contribution is -2.39. The SMILES string of the molecule is CC(C(=O)O)C(C)C(=O)N(C)CCN(C)C. The summed E-state index contributed by atoms with van der Waals surface area (Å²) in [5.74, 6) is -2.17. The Labute approximate surface area is 97.0 Å². The minimum absolute atomic E-state index is 0.114. The summed E-state index contributed by atoms with van der Waals surface area (Å²) >= 11 is 0. The summed E-state index contributed by atoms with van der Waals surface area (Å²) in [5.41, 5.74) is 0. The van der Waals surface area contributed by atoms with Gasteiger partial charge in [0.15, 0.2) is 0 Å². The number of carboxylic acids is 1. The molecule has 1 N–H and O–H groups in total. The monoisotopic (exact) mass is 230 g/mol. The first kappa shape index (κ1) is 14.9. The summed E-state index contributed by atoms with van der Waals surface area (Å²) < 4.78 is 0. The fraction of sp³-hybridized carbons (Fsp3) is 0.818. The average Bonchev–Trinajstić information content (AvgIpc) is 2.22. The summed E-state index contributed by atoms with van der Waals surface area (Å²) in [6.07, 6.45) is 0. The molecule has 0 aliphatic heterocycles. The molecule has 0 aliphatic rings. The molecule has 2 atom stereocenters. The number of rotatable bonds is 6. The topological polar surface area (TPSA) is 60.9 Å². The molecule has 5 nitrogen and oxygen atoms in total. The van der Waals surface area contributed by atoms with Gasteiger partial charge in [0.25, 0.3) is 0 Å². The van der Waals surface area contributed by atoms with E-state index in [1.165, 1.54) is 0 Å². The summed E-state index contributed by atoms with van der Waals surface area (Å²) in [4.78, 5) is 26.2. The highest BCUT2D eigenvalue weighted by atomic mass is 16.4. The average molecular weight is 230 g/mol. The number of aliphatic carboxylic acids is 1. The molecule has 0 fully saturated rings. The number of likely N-dealkylation sites (N-methyl/N-ethyl adjacent to an activating group) is 2. The third kappa shape index (κ3) is 4.61. The summed E-state index contributed by atoms with van der Waals surface area (Å²) in [5, 5.41) is 8.82. The molecule has 1 amide bonds. The van der Waals surface area contributed by atoms with Crippen molar-refractivity contribution < 1.29 is 14.7 Å². The third-order valence-electron chi connectivity index (χ3n) is 2.79. The first-order chi connectivity index (χ1) is 7.27. The molecule has 0 aromatic rings. The molecule has 0 aliphatic carbocycles. The Balaban J connectivity index is 4.26. The van der Waals surface area contributed by atoms with Crippen LogP contribution in [0.1, 0.15) is 13.8 Å². The van der Waals surface area contributed by atoms with E-state index in [4.69, 9.17) is 5.11 Å². The molecule has 5 heteroatoms. The van der Waals surface area contributed by atoms with Crippen molar-refractivity contribution in [3.8, 4) is 0 Å². The molecular formula is C11H22N2O3. The van der Waals surface area contributed by atoms with E-state index in [-0.39, 0.29) is 5.91 Å². The van der Waals surface area contributed by atoms with Crippen molar-refractivity contribution >= 4 is 11.9 Å². The number of carbonyl (C=O) groups excluding carboxylic acids is 1. The maximum Gasteiger partial charge on any atom is 0.307 e. The van der Waals surface area contributed by atoms with Crippen molar-refractivity contribution in [2.45, 2.75) is 13.8 Å². The normalized spacial score (nSPS) is 14.6. The lowest BCUT2D eigenvalue weighted by Gasteiger charge is -2.24. The van der Waals surface area contributed by atoms with Gasteiger partial charge in [-0.1, -0.05) is 13.8 Å². The molecule has 0 saturated carbocycles. The van der Waals surface area contributed by atoms with Crippen LogP contribution in [0.3, 0.4) is 0 Å². The fourth-order valence-corrected chi connectivity index (χ4v) is 1.24. The van der Waals surface area contributed by atoms with Crippen molar-refractivity contribution in [1.29, 1.82) is 0 Å². The van der Waals surface area contributed by atoms with Crippen LogP contribution in [-0.2, 0) is 9.59 Å². The minimum Gasteiger partial charge on any atom is -0.481 e. The van der Waals surface area contributed by atoms with Crippen LogP contribution in [0.2, 0.25) is 0 Å². The van der Waals surface area contributed by atoms with Crippen LogP contribution in [-0.4, -0.2) is 61.0 Å². The Morgan fingerprint density at radius 1 is 1.06 bits per heavy atom. The summed E-state index contributed by atoms with van der Waals surface area (Å²) in [6.45, 7) is 4.61. The van der Waals surface area contributed by atoms with Gasteiger partial charge in [-0.2, -0.15) is 0 Å². The van der Waals surface area contributed by atoms with E-state index >= 15 is 0 Å². The molecule has 2 unspecified atom stereocenters. The quantitative estimate of drug-likeness (QED) is 0.716. The predicted octanol–water partition coefficient (Wildman–Crippen LogP) is 0.363. The van der Waals surface area contributed by atoms with E-state index < -0.39 is 17.8 Å². The van der Waals surface area contributed by atoms with E-state index in [0.29, 0.717) is 6.54 Å². The summed E-state index contributed by atoms with van der Waals surface area (Å²) in [6, 6.07) is 0. The number of nitrogens with zero attached hydrogens (tertiary/aromatic N) is 2. The van der Waals surface area contributed by atoms with Gasteiger partial charge in [0.1, 0.15) is 0 Å². The molecule has 0 aromatic heterocycles. The van der Waals surface area contributed by atoms with Gasteiger partial charge in [0.05, 0.1) is 5.92 Å². The van der Waals surface area contributed by atoms with E-state index in [1.807, 2.05) is 19.0 Å². The number of hydrogen-bond donors (Lipinski definition) is 1. The molecule has 0 spiro atoms. The van der Waals surface area contributed by atoms with Crippen LogP contribution in [0.4, 0.5) is 0 Å². The van der Waals surface area contributed by atoms with Crippen molar-refractivity contribution in [3.63, 3.8) is 0 Å². The van der Waals surface area contributed by atoms with Crippen molar-refractivity contribution in [2.75, 3.05) is 34.2 Å². The Morgan fingerprint density at radius 2 is 1.56 bits per heavy atom. The van der Waals surface area contributed by atoms with E-state index in [2.05, 4.69) is 0 Å². The zero-order valence-corrected chi connectivity index (χ0v) is 10.7. The van der Waals surface area contributed by atoms with Gasteiger partial charge in [-0.15, -0.1) is 0 Å². The molecule has 94 valence electrons. The van der Waals surface area contributed by atoms with Gasteiger partial charge < -0.3 is 14.9 Å². The Morgan fingerprint density at radius 3 is 1.94 bits per heavy atom. The molecule has 0 aromatic carbocycles. The van der Waals surface area contributed by atoms with E-state index in [1.54, 1.807) is 25.8 Å². The number of amides is 1. The van der Waals surface area contributed by atoms with Gasteiger partial charge in [-0.3, -0.25) is 9.59 Å². The van der Waals surface area contributed by atoms with E-state index in [0.717, 1.165) is 6.54 Å². The van der Waals surface area contributed by atoms with Gasteiger partial charge in [-0.05, 0) is 14.1 Å². The lowest BCUT2D eigenvalue weighted by atomic mass is 9.95. The van der Waals surface area contributed by atoms with Gasteiger partial charge in [-0.25, -0.2) is 0 Å². The standard InChI is InChI=1S/C11H22N2O3/c1-8(9(2)11(15)16)10(14)13(5)7-6-12(3)4/h8-9H,6-7H2,1-5H3,(H,15,16). The van der Waals surface area contributed by atoms with Crippen LogP contribution in [0.5, 0.6) is 0 Å². The smallest absolute Gasteiger partial charge is 0.307 e. The highest BCUT2D eigenvalue weighted by Gasteiger charge is 2.27. The van der Waals surface area contributed by atoms with Crippen molar-refractivity contribution in [3.05, 3.63) is 0 Å². The number of carboxylic acid groups (broad SMARTS) is 1. The van der Waals surface area contributed by atoms with Crippen LogP contribution in [0.15, 0.2) is 0 Å². The molecular weight excluding hydrogens is 208 g/mol. The Bertz CT molecular complexity index is 254. The molecule has 16 heavy (non-hydrogen) atoms. The predicted molar refractivity (Wildman–Crippen MR) is 62.2 cm³/mol. The van der Waals surface area contributed by atoms with Crippen LogP contribution < -0.4 is 0 Å². The van der Waals surface area contributed by atoms with Crippen LogP contribution in [0.25, 0.3) is 0 Å². The summed E-state index contributed by atoms with van der Waals surface area (Å²) in [7, 11) is 5.57. The maximum absolute atomic E-state index is 11.8. The molecule has 0 bridgehead atoms.